The molecule has 0 saturated heterocycles. The Bertz CT molecular complexity index is 1120. The molecule has 27 heavy (non-hydrogen) atoms. The number of fused-ring (bicyclic) bond motifs is 2. The minimum Gasteiger partial charge on any atom is -0.486 e. The highest BCUT2D eigenvalue weighted by atomic mass is 79.9. The van der Waals surface area contributed by atoms with Crippen LogP contribution >= 0.6 is 15.9 Å². The topological polar surface area (TPSA) is 97.7 Å². The second-order valence-corrected chi connectivity index (χ2v) is 7.13. The number of nitrogens with one attached hydrogen (secondary N) is 2. The number of H-pyrrole nitrogens is 1. The van der Waals surface area contributed by atoms with E-state index in [0.717, 1.165) is 11.3 Å². The Labute approximate surface area is 162 Å². The van der Waals surface area contributed by atoms with Gasteiger partial charge in [0.1, 0.15) is 13.2 Å². The van der Waals surface area contributed by atoms with Crippen molar-refractivity contribution in [2.24, 2.45) is 0 Å². The number of carbonyl (C=O) groups excluding carboxylic acids is 1. The van der Waals surface area contributed by atoms with E-state index in [9.17, 15) is 9.59 Å². The number of halogens is 1. The molecule has 2 N–H and O–H groups in total. The van der Waals surface area contributed by atoms with E-state index in [1.165, 1.54) is 6.07 Å². The molecule has 0 bridgehead atoms. The molecular weight excluding hydrogens is 416 g/mol. The molecule has 3 aromatic rings. The van der Waals surface area contributed by atoms with Gasteiger partial charge in [-0.2, -0.15) is 0 Å². The first-order valence-corrected chi connectivity index (χ1v) is 9.18. The summed E-state index contributed by atoms with van der Waals surface area (Å²) in [4.78, 5) is 28.6. The second kappa shape index (κ2) is 6.73. The van der Waals surface area contributed by atoms with Crippen molar-refractivity contribution in [2.75, 3.05) is 18.5 Å². The molecule has 9 heteroatoms. The lowest BCUT2D eigenvalue weighted by Crippen LogP contribution is -2.19. The van der Waals surface area contributed by atoms with Crippen LogP contribution in [0.1, 0.15) is 17.0 Å². The number of nitrogens with zero attached hydrogens (tertiary/aromatic N) is 2. The molecule has 140 valence electrons. The first-order chi connectivity index (χ1) is 12.9. The summed E-state index contributed by atoms with van der Waals surface area (Å²) in [6.45, 7) is 4.65. The minimum absolute atomic E-state index is 0.127. The average Bonchev–Trinajstić information content (AvgIpc) is 2.99. The lowest BCUT2D eigenvalue weighted by Gasteiger charge is -2.20. The molecule has 3 heterocycles. The van der Waals surface area contributed by atoms with Gasteiger partial charge in [-0.3, -0.25) is 14.7 Å². The molecule has 1 aromatic carbocycles. The monoisotopic (exact) mass is 432 g/mol. The summed E-state index contributed by atoms with van der Waals surface area (Å²) in [6, 6.07) is 4.94. The van der Waals surface area contributed by atoms with Crippen molar-refractivity contribution in [1.82, 2.24) is 14.6 Å². The largest absolute Gasteiger partial charge is 0.486 e. The Morgan fingerprint density at radius 3 is 2.70 bits per heavy atom. The highest BCUT2D eigenvalue weighted by molar-refractivity contribution is 9.10. The Kier molecular flexibility index (Phi) is 4.39. The zero-order chi connectivity index (χ0) is 19.1. The fourth-order valence-corrected chi connectivity index (χ4v) is 3.55. The SMILES string of the molecule is Cc1nc2cc(=O)[nH]n2c(C)c1CC(=O)Nc1cc2c(cc1Br)OCCO2. The van der Waals surface area contributed by atoms with Crippen molar-refractivity contribution >= 4 is 33.2 Å². The first kappa shape index (κ1) is 17.6. The predicted molar refractivity (Wildman–Crippen MR) is 103 cm³/mol. The number of carbonyl (C=O) groups is 1. The van der Waals surface area contributed by atoms with E-state index in [1.807, 2.05) is 13.8 Å². The number of rotatable bonds is 3. The van der Waals surface area contributed by atoms with E-state index in [1.54, 1.807) is 16.6 Å². The number of hydrogen-bond donors (Lipinski definition) is 2. The summed E-state index contributed by atoms with van der Waals surface area (Å²) in [5, 5.41) is 5.58. The van der Waals surface area contributed by atoms with Gasteiger partial charge in [0, 0.05) is 39.6 Å². The van der Waals surface area contributed by atoms with Crippen molar-refractivity contribution in [3.63, 3.8) is 0 Å². The number of aromatic amines is 1. The van der Waals surface area contributed by atoms with Crippen LogP contribution < -0.4 is 20.3 Å². The maximum absolute atomic E-state index is 12.6. The summed E-state index contributed by atoms with van der Waals surface area (Å²) >= 11 is 3.45. The van der Waals surface area contributed by atoms with E-state index in [-0.39, 0.29) is 17.9 Å². The molecule has 0 spiro atoms. The molecule has 1 aliphatic heterocycles. The van der Waals surface area contributed by atoms with Crippen LogP contribution in [0.3, 0.4) is 0 Å². The highest BCUT2D eigenvalue weighted by Crippen LogP contribution is 2.38. The molecule has 8 nitrogen and oxygen atoms in total. The first-order valence-electron chi connectivity index (χ1n) is 8.39. The fraction of sp³-hybridized carbons (Fsp3) is 0.278. The quantitative estimate of drug-likeness (QED) is 0.661. The van der Waals surface area contributed by atoms with Crippen molar-refractivity contribution in [2.45, 2.75) is 20.3 Å². The third kappa shape index (κ3) is 3.30. The Morgan fingerprint density at radius 2 is 1.96 bits per heavy atom. The Hall–Kier alpha value is -2.81. The van der Waals surface area contributed by atoms with Gasteiger partial charge in [0.05, 0.1) is 12.1 Å². The van der Waals surface area contributed by atoms with Gasteiger partial charge in [-0.15, -0.1) is 0 Å². The molecule has 0 atom stereocenters. The summed E-state index contributed by atoms with van der Waals surface area (Å²) in [5.41, 5.74) is 3.16. The summed E-state index contributed by atoms with van der Waals surface area (Å²) in [6.07, 6.45) is 0.127. The van der Waals surface area contributed by atoms with E-state index >= 15 is 0 Å². The predicted octanol–water partition coefficient (Wildman–Crippen LogP) is 2.35. The number of hydrogen-bond acceptors (Lipinski definition) is 5. The third-order valence-electron chi connectivity index (χ3n) is 4.45. The van der Waals surface area contributed by atoms with E-state index in [0.29, 0.717) is 46.2 Å². The molecule has 1 amide bonds. The second-order valence-electron chi connectivity index (χ2n) is 6.28. The summed E-state index contributed by atoms with van der Waals surface area (Å²) < 4.78 is 13.4. The van der Waals surface area contributed by atoms with Gasteiger partial charge >= 0.3 is 0 Å². The van der Waals surface area contributed by atoms with Gasteiger partial charge in [0.25, 0.3) is 5.56 Å². The van der Waals surface area contributed by atoms with Gasteiger partial charge in [0.15, 0.2) is 17.1 Å². The minimum atomic E-state index is -0.230. The van der Waals surface area contributed by atoms with Crippen LogP contribution in [0.2, 0.25) is 0 Å². The van der Waals surface area contributed by atoms with Crippen molar-refractivity contribution in [3.8, 4) is 11.5 Å². The van der Waals surface area contributed by atoms with Gasteiger partial charge in [-0.05, 0) is 29.8 Å². The standard InChI is InChI=1S/C18H17BrN4O4/c1-9-11(10(2)23-16(20-9)8-18(25)22-23)5-17(24)21-13-7-15-14(6-12(13)19)26-3-4-27-15/h6-8H,3-5H2,1-2H3,(H,21,24)(H,22,25). The van der Waals surface area contributed by atoms with Crippen LogP contribution in [0.15, 0.2) is 27.5 Å². The Balaban J connectivity index is 1.60. The van der Waals surface area contributed by atoms with Crippen LogP contribution in [0, 0.1) is 13.8 Å². The van der Waals surface area contributed by atoms with Crippen molar-refractivity contribution < 1.29 is 14.3 Å². The van der Waals surface area contributed by atoms with E-state index in [4.69, 9.17) is 9.47 Å². The number of benzene rings is 1. The van der Waals surface area contributed by atoms with Crippen LogP contribution in [0.25, 0.3) is 5.65 Å². The number of anilines is 1. The maximum atomic E-state index is 12.6. The molecule has 4 rings (SSSR count). The van der Waals surface area contributed by atoms with Crippen LogP contribution in [0.5, 0.6) is 11.5 Å². The number of aryl methyl sites for hydroxylation is 2. The van der Waals surface area contributed by atoms with Crippen LogP contribution in [0.4, 0.5) is 5.69 Å². The zero-order valence-electron chi connectivity index (χ0n) is 14.8. The lowest BCUT2D eigenvalue weighted by molar-refractivity contribution is -0.115. The van der Waals surface area contributed by atoms with Gasteiger partial charge in [-0.25, -0.2) is 9.50 Å². The van der Waals surface area contributed by atoms with E-state index in [2.05, 4.69) is 31.3 Å². The molecule has 0 radical (unpaired) electrons. The lowest BCUT2D eigenvalue weighted by atomic mass is 10.1. The third-order valence-corrected chi connectivity index (χ3v) is 5.10. The number of amides is 1. The fourth-order valence-electron chi connectivity index (χ4n) is 3.13. The number of ether oxygens (including phenoxy) is 2. The van der Waals surface area contributed by atoms with Crippen molar-refractivity contribution in [3.05, 3.63) is 50.0 Å². The van der Waals surface area contributed by atoms with Crippen LogP contribution in [-0.2, 0) is 11.2 Å². The smallest absolute Gasteiger partial charge is 0.266 e. The van der Waals surface area contributed by atoms with Crippen molar-refractivity contribution in [1.29, 1.82) is 0 Å². The summed E-state index contributed by atoms with van der Waals surface area (Å²) in [5.74, 6) is 1.04. The molecule has 2 aromatic heterocycles. The normalized spacial score (nSPS) is 13.0. The summed E-state index contributed by atoms with van der Waals surface area (Å²) in [7, 11) is 0. The van der Waals surface area contributed by atoms with E-state index < -0.39 is 0 Å². The van der Waals surface area contributed by atoms with Gasteiger partial charge in [-0.1, -0.05) is 0 Å². The molecule has 0 fully saturated rings. The van der Waals surface area contributed by atoms with Crippen LogP contribution in [-0.4, -0.2) is 33.7 Å². The average molecular weight is 433 g/mol. The number of aromatic nitrogens is 3. The Morgan fingerprint density at radius 1 is 1.26 bits per heavy atom. The molecular formula is C18H17BrN4O4. The van der Waals surface area contributed by atoms with Gasteiger partial charge in [0.2, 0.25) is 5.91 Å². The maximum Gasteiger partial charge on any atom is 0.266 e. The van der Waals surface area contributed by atoms with Gasteiger partial charge < -0.3 is 14.8 Å². The molecule has 0 saturated carbocycles. The zero-order valence-corrected chi connectivity index (χ0v) is 16.3. The molecule has 1 aliphatic rings. The molecule has 0 unspecified atom stereocenters. The molecule has 0 aliphatic carbocycles. The highest BCUT2D eigenvalue weighted by Gasteiger charge is 2.18.